The van der Waals surface area contributed by atoms with Gasteiger partial charge in [-0.25, -0.2) is 30.4 Å². The highest BCUT2D eigenvalue weighted by atomic mass is 32.2. The molecular weight excluding hydrogens is 375 g/mol. The predicted molar refractivity (Wildman–Crippen MR) is 74.9 cm³/mol. The number of rotatable bonds is 4. The van der Waals surface area contributed by atoms with Crippen molar-refractivity contribution in [3.63, 3.8) is 0 Å². The third kappa shape index (κ3) is 3.24. The van der Waals surface area contributed by atoms with Crippen molar-refractivity contribution in [2.45, 2.75) is 11.8 Å². The van der Waals surface area contributed by atoms with E-state index in [0.29, 0.717) is 0 Å². The first-order valence-electron chi connectivity index (χ1n) is 6.26. The van der Waals surface area contributed by atoms with Gasteiger partial charge in [0.2, 0.25) is 5.82 Å². The fraction of sp³-hybridized carbons (Fsp3) is 0.0769. The topological polar surface area (TPSA) is 89.3 Å². The second-order valence-corrected chi connectivity index (χ2v) is 6.38. The lowest BCUT2D eigenvalue weighted by Gasteiger charge is -2.11. The molecule has 0 saturated heterocycles. The van der Waals surface area contributed by atoms with Gasteiger partial charge in [-0.05, 0) is 13.0 Å². The number of aryl methyl sites for hydroxylation is 1. The van der Waals surface area contributed by atoms with Crippen molar-refractivity contribution < 1.29 is 35.3 Å². The van der Waals surface area contributed by atoms with E-state index in [9.17, 15) is 40.5 Å². The summed E-state index contributed by atoms with van der Waals surface area (Å²) >= 11 is 0. The number of benzene rings is 2. The Kier molecular flexibility index (Phi) is 4.66. The molecule has 0 spiro atoms. The number of hydrogen-bond acceptors (Lipinski definition) is 4. The summed E-state index contributed by atoms with van der Waals surface area (Å²) in [5, 5.41) is 10.8. The molecule has 2 aromatic rings. The summed E-state index contributed by atoms with van der Waals surface area (Å²) in [5.41, 5.74) is -0.858. The average molecular weight is 382 g/mol. The smallest absolute Gasteiger partial charge is 0.274 e. The van der Waals surface area contributed by atoms with E-state index in [1.807, 2.05) is 0 Å². The van der Waals surface area contributed by atoms with Gasteiger partial charge in [0.1, 0.15) is 0 Å². The third-order valence-electron chi connectivity index (χ3n) is 3.10. The first-order chi connectivity index (χ1) is 11.5. The fourth-order valence-electron chi connectivity index (χ4n) is 1.90. The molecule has 2 aromatic carbocycles. The standard InChI is InChI=1S/C13H7F5N2O4S/c1-5-2-3-6(4-7(5)20(21)22)19-25(23,24)13-11(17)9(15)8(14)10(16)12(13)18/h2-4,19H,1H3. The Balaban J connectivity index is 2.59. The number of sulfonamides is 1. The van der Waals surface area contributed by atoms with Crippen LogP contribution in [0.1, 0.15) is 5.56 Å². The van der Waals surface area contributed by atoms with Gasteiger partial charge in [-0.3, -0.25) is 14.8 Å². The van der Waals surface area contributed by atoms with Crippen LogP contribution in [0.15, 0.2) is 23.1 Å². The lowest BCUT2D eigenvalue weighted by molar-refractivity contribution is -0.385. The van der Waals surface area contributed by atoms with Crippen molar-refractivity contribution in [3.8, 4) is 0 Å². The maximum atomic E-state index is 13.6. The van der Waals surface area contributed by atoms with Gasteiger partial charge in [-0.1, -0.05) is 6.07 Å². The molecule has 0 amide bonds. The van der Waals surface area contributed by atoms with E-state index >= 15 is 0 Å². The molecule has 12 heteroatoms. The first-order valence-corrected chi connectivity index (χ1v) is 7.75. The van der Waals surface area contributed by atoms with Crippen LogP contribution in [0.25, 0.3) is 0 Å². The molecule has 2 rings (SSSR count). The van der Waals surface area contributed by atoms with Crippen molar-refractivity contribution in [2.24, 2.45) is 0 Å². The highest BCUT2D eigenvalue weighted by Crippen LogP contribution is 2.29. The zero-order chi connectivity index (χ0) is 19.1. The van der Waals surface area contributed by atoms with Crippen molar-refractivity contribution in [2.75, 3.05) is 4.72 Å². The van der Waals surface area contributed by atoms with Gasteiger partial charge in [-0.2, -0.15) is 0 Å². The van der Waals surface area contributed by atoms with Crippen LogP contribution in [0.4, 0.5) is 33.3 Å². The number of hydrogen-bond donors (Lipinski definition) is 1. The summed E-state index contributed by atoms with van der Waals surface area (Å²) in [4.78, 5) is 7.88. The van der Waals surface area contributed by atoms with Gasteiger partial charge in [0, 0.05) is 11.6 Å². The van der Waals surface area contributed by atoms with E-state index in [0.717, 1.165) is 18.2 Å². The minimum absolute atomic E-state index is 0.157. The van der Waals surface area contributed by atoms with Crippen molar-refractivity contribution in [1.82, 2.24) is 0 Å². The van der Waals surface area contributed by atoms with E-state index in [2.05, 4.69) is 0 Å². The summed E-state index contributed by atoms with van der Waals surface area (Å²) in [5.74, 6) is -12.5. The fourth-order valence-corrected chi connectivity index (χ4v) is 3.09. The van der Waals surface area contributed by atoms with Crippen molar-refractivity contribution in [3.05, 3.63) is 63.0 Å². The van der Waals surface area contributed by atoms with Gasteiger partial charge in [0.25, 0.3) is 15.7 Å². The first kappa shape index (κ1) is 18.6. The molecular formula is C13H7F5N2O4S. The highest BCUT2D eigenvalue weighted by molar-refractivity contribution is 7.92. The Bertz CT molecular complexity index is 965. The number of nitro benzene ring substituents is 1. The molecule has 0 fully saturated rings. The molecule has 6 nitrogen and oxygen atoms in total. The van der Waals surface area contributed by atoms with Gasteiger partial charge >= 0.3 is 0 Å². The summed E-state index contributed by atoms with van der Waals surface area (Å²) < 4.78 is 92.1. The molecule has 0 atom stereocenters. The molecule has 0 aliphatic heterocycles. The molecule has 25 heavy (non-hydrogen) atoms. The van der Waals surface area contributed by atoms with Crippen LogP contribution < -0.4 is 4.72 Å². The lowest BCUT2D eigenvalue weighted by atomic mass is 10.2. The Morgan fingerprint density at radius 1 is 0.960 bits per heavy atom. The monoisotopic (exact) mass is 382 g/mol. The van der Waals surface area contributed by atoms with E-state index in [-0.39, 0.29) is 5.56 Å². The van der Waals surface area contributed by atoms with Crippen molar-refractivity contribution >= 4 is 21.4 Å². The second-order valence-electron chi connectivity index (χ2n) is 4.76. The largest absolute Gasteiger partial charge is 0.279 e. The molecule has 0 aliphatic rings. The molecule has 0 radical (unpaired) electrons. The minimum atomic E-state index is -5.26. The Morgan fingerprint density at radius 2 is 1.44 bits per heavy atom. The minimum Gasteiger partial charge on any atom is -0.279 e. The summed E-state index contributed by atoms with van der Waals surface area (Å²) in [7, 11) is -5.26. The molecule has 0 aliphatic carbocycles. The van der Waals surface area contributed by atoms with Crippen LogP contribution in [-0.4, -0.2) is 13.3 Å². The van der Waals surface area contributed by atoms with Crippen molar-refractivity contribution in [1.29, 1.82) is 0 Å². The average Bonchev–Trinajstić information content (AvgIpc) is 2.52. The number of nitro groups is 1. The van der Waals surface area contributed by atoms with Gasteiger partial charge in [0.15, 0.2) is 28.2 Å². The SMILES string of the molecule is Cc1ccc(NS(=O)(=O)c2c(F)c(F)c(F)c(F)c2F)cc1[N+](=O)[O-]. The van der Waals surface area contributed by atoms with Crippen LogP contribution in [0.2, 0.25) is 0 Å². The Morgan fingerprint density at radius 3 is 1.92 bits per heavy atom. The molecule has 0 saturated carbocycles. The molecule has 0 bridgehead atoms. The van der Waals surface area contributed by atoms with Crippen LogP contribution >= 0.6 is 0 Å². The van der Waals surface area contributed by atoms with Gasteiger partial charge in [-0.15, -0.1) is 0 Å². The van der Waals surface area contributed by atoms with Crippen LogP contribution in [0, 0.1) is 46.1 Å². The van der Waals surface area contributed by atoms with Gasteiger partial charge in [0.05, 0.1) is 10.6 Å². The summed E-state index contributed by atoms with van der Waals surface area (Å²) in [6.07, 6.45) is 0. The molecule has 134 valence electrons. The zero-order valence-electron chi connectivity index (χ0n) is 12.1. The maximum absolute atomic E-state index is 13.6. The molecule has 0 aromatic heterocycles. The third-order valence-corrected chi connectivity index (χ3v) is 4.50. The van der Waals surface area contributed by atoms with Crippen LogP contribution in [-0.2, 0) is 10.0 Å². The zero-order valence-corrected chi connectivity index (χ0v) is 12.9. The number of anilines is 1. The van der Waals surface area contributed by atoms with E-state index in [4.69, 9.17) is 0 Å². The van der Waals surface area contributed by atoms with E-state index in [1.54, 1.807) is 4.72 Å². The normalized spacial score (nSPS) is 11.4. The van der Waals surface area contributed by atoms with E-state index < -0.39 is 60.3 Å². The molecule has 1 N–H and O–H groups in total. The highest BCUT2D eigenvalue weighted by Gasteiger charge is 2.33. The molecule has 0 heterocycles. The number of nitrogens with zero attached hydrogens (tertiary/aromatic N) is 1. The second kappa shape index (κ2) is 6.27. The number of halogens is 5. The number of nitrogens with one attached hydrogen (secondary N) is 1. The lowest BCUT2D eigenvalue weighted by Crippen LogP contribution is -2.19. The van der Waals surface area contributed by atoms with E-state index in [1.165, 1.54) is 6.92 Å². The van der Waals surface area contributed by atoms with Gasteiger partial charge < -0.3 is 0 Å². The predicted octanol–water partition coefficient (Wildman–Crippen LogP) is 3.40. The Labute approximate surface area is 137 Å². The molecule has 0 unspecified atom stereocenters. The quantitative estimate of drug-likeness (QED) is 0.289. The summed E-state index contributed by atoms with van der Waals surface area (Å²) in [6, 6.07) is 2.89. The maximum Gasteiger partial charge on any atom is 0.274 e. The summed E-state index contributed by atoms with van der Waals surface area (Å²) in [6.45, 7) is 1.35. The van der Waals surface area contributed by atoms with Crippen LogP contribution in [0.3, 0.4) is 0 Å². The Hall–Kier alpha value is -2.76. The van der Waals surface area contributed by atoms with Crippen LogP contribution in [0.5, 0.6) is 0 Å².